The minimum absolute atomic E-state index is 0.0355. The first-order valence-corrected chi connectivity index (χ1v) is 13.3. The van der Waals surface area contributed by atoms with Crippen molar-refractivity contribution in [1.82, 2.24) is 30.1 Å². The van der Waals surface area contributed by atoms with Crippen LogP contribution in [0.15, 0.2) is 53.3 Å². The van der Waals surface area contributed by atoms with Crippen molar-refractivity contribution in [3.63, 3.8) is 0 Å². The molecule has 1 N–H and O–H groups in total. The van der Waals surface area contributed by atoms with E-state index in [2.05, 4.69) is 62.1 Å². The van der Waals surface area contributed by atoms with E-state index in [1.54, 1.807) is 7.11 Å². The molecule has 8 heteroatoms. The Morgan fingerprint density at radius 1 is 1.08 bits per heavy atom. The maximum atomic E-state index is 13.2. The number of benzene rings is 2. The number of aromatic nitrogens is 5. The van der Waals surface area contributed by atoms with Crippen LogP contribution in [0.4, 0.5) is 0 Å². The second-order valence-electron chi connectivity index (χ2n) is 10.2. The van der Waals surface area contributed by atoms with Crippen molar-refractivity contribution in [2.75, 3.05) is 7.11 Å². The Morgan fingerprint density at radius 2 is 1.86 bits per heavy atom. The maximum absolute atomic E-state index is 13.2. The molecular formula is C29H36N6O2. The van der Waals surface area contributed by atoms with Gasteiger partial charge in [0.25, 0.3) is 5.56 Å². The number of methoxy groups -OCH3 is 1. The molecule has 2 aromatic heterocycles. The minimum atomic E-state index is -0.0576. The summed E-state index contributed by atoms with van der Waals surface area (Å²) in [6.45, 7) is 5.38. The van der Waals surface area contributed by atoms with Gasteiger partial charge < -0.3 is 9.72 Å². The molecule has 8 nitrogen and oxygen atoms in total. The Kier molecular flexibility index (Phi) is 7.65. The van der Waals surface area contributed by atoms with Crippen molar-refractivity contribution in [3.8, 4) is 5.75 Å². The number of nitrogens with zero attached hydrogens (tertiary/aromatic N) is 5. The highest BCUT2D eigenvalue weighted by Crippen LogP contribution is 2.33. The zero-order valence-electron chi connectivity index (χ0n) is 22.0. The summed E-state index contributed by atoms with van der Waals surface area (Å²) in [4.78, 5) is 18.6. The summed E-state index contributed by atoms with van der Waals surface area (Å²) in [5.74, 6) is 1.71. The topological polar surface area (TPSA) is 88.9 Å². The monoisotopic (exact) mass is 500 g/mol. The zero-order valence-corrected chi connectivity index (χ0v) is 22.0. The van der Waals surface area contributed by atoms with Crippen LogP contribution in [0, 0.1) is 6.92 Å². The van der Waals surface area contributed by atoms with E-state index < -0.39 is 0 Å². The summed E-state index contributed by atoms with van der Waals surface area (Å²) in [5.41, 5.74) is 3.84. The molecule has 0 spiro atoms. The summed E-state index contributed by atoms with van der Waals surface area (Å²) in [7, 11) is 1.67. The lowest BCUT2D eigenvalue weighted by atomic mass is 9.95. The Labute approximate surface area is 217 Å². The normalized spacial score (nSPS) is 15.4. The van der Waals surface area contributed by atoms with Crippen molar-refractivity contribution < 1.29 is 4.74 Å². The van der Waals surface area contributed by atoms with Crippen LogP contribution in [0.25, 0.3) is 10.9 Å². The van der Waals surface area contributed by atoms with Gasteiger partial charge in [-0.05, 0) is 77.9 Å². The van der Waals surface area contributed by atoms with Gasteiger partial charge in [-0.25, -0.2) is 4.68 Å². The number of hydrogen-bond donors (Lipinski definition) is 1. The van der Waals surface area contributed by atoms with Crippen molar-refractivity contribution >= 4 is 10.9 Å². The summed E-state index contributed by atoms with van der Waals surface area (Å²) in [5, 5.41) is 14.1. The molecule has 194 valence electrons. The molecule has 1 aliphatic carbocycles. The number of nitrogens with one attached hydrogen (secondary N) is 1. The number of H-pyrrole nitrogens is 1. The van der Waals surface area contributed by atoms with Gasteiger partial charge in [0, 0.05) is 24.2 Å². The minimum Gasteiger partial charge on any atom is -0.497 e. The Hall–Kier alpha value is -3.52. The van der Waals surface area contributed by atoms with Gasteiger partial charge in [-0.2, -0.15) is 0 Å². The van der Waals surface area contributed by atoms with E-state index in [0.29, 0.717) is 19.1 Å². The van der Waals surface area contributed by atoms with E-state index in [1.807, 2.05) is 30.3 Å². The van der Waals surface area contributed by atoms with E-state index >= 15 is 0 Å². The molecule has 0 amide bonds. The first-order valence-electron chi connectivity index (χ1n) is 13.3. The van der Waals surface area contributed by atoms with E-state index in [-0.39, 0.29) is 11.6 Å². The number of ether oxygens (including phenoxy) is 1. The largest absolute Gasteiger partial charge is 0.497 e. The Bertz CT molecular complexity index is 1390. The molecule has 0 saturated heterocycles. The Morgan fingerprint density at radius 3 is 2.59 bits per heavy atom. The molecule has 0 aliphatic heterocycles. The van der Waals surface area contributed by atoms with Gasteiger partial charge in [-0.1, -0.05) is 49.9 Å². The Balaban J connectivity index is 1.52. The fourth-order valence-electron chi connectivity index (χ4n) is 5.56. The maximum Gasteiger partial charge on any atom is 0.252 e. The average molecular weight is 501 g/mol. The van der Waals surface area contributed by atoms with Crippen molar-refractivity contribution in [3.05, 3.63) is 81.4 Å². The van der Waals surface area contributed by atoms with Crippen LogP contribution < -0.4 is 10.3 Å². The number of rotatable bonds is 9. The van der Waals surface area contributed by atoms with E-state index in [1.165, 1.54) is 24.8 Å². The lowest BCUT2D eigenvalue weighted by Gasteiger charge is -2.32. The number of tetrazole rings is 1. The van der Waals surface area contributed by atoms with Crippen LogP contribution >= 0.6 is 0 Å². The summed E-state index contributed by atoms with van der Waals surface area (Å²) in [6.07, 6.45) is 6.74. The number of aryl methyl sites for hydroxylation is 1. The molecule has 0 unspecified atom stereocenters. The summed E-state index contributed by atoms with van der Waals surface area (Å²) >= 11 is 0. The highest BCUT2D eigenvalue weighted by molar-refractivity contribution is 5.79. The van der Waals surface area contributed by atoms with Gasteiger partial charge in [-0.3, -0.25) is 9.69 Å². The molecule has 4 aromatic rings. The molecule has 0 radical (unpaired) electrons. The predicted molar refractivity (Wildman–Crippen MR) is 145 cm³/mol. The predicted octanol–water partition coefficient (Wildman–Crippen LogP) is 5.49. The number of fused-ring (bicyclic) bond motifs is 1. The fourth-order valence-corrected chi connectivity index (χ4v) is 5.56. The molecule has 5 rings (SSSR count). The molecule has 1 aliphatic rings. The van der Waals surface area contributed by atoms with E-state index in [9.17, 15) is 4.79 Å². The number of hydrogen-bond acceptors (Lipinski definition) is 6. The molecule has 1 atom stereocenters. The van der Waals surface area contributed by atoms with Crippen molar-refractivity contribution in [2.45, 2.75) is 77.5 Å². The van der Waals surface area contributed by atoms with Gasteiger partial charge in [0.2, 0.25) is 0 Å². The quantitative estimate of drug-likeness (QED) is 0.327. The van der Waals surface area contributed by atoms with Crippen LogP contribution in [0.1, 0.15) is 80.0 Å². The van der Waals surface area contributed by atoms with Crippen LogP contribution in [0.3, 0.4) is 0 Å². The zero-order chi connectivity index (χ0) is 25.8. The highest BCUT2D eigenvalue weighted by Gasteiger charge is 2.29. The van der Waals surface area contributed by atoms with Crippen LogP contribution in [-0.2, 0) is 13.1 Å². The van der Waals surface area contributed by atoms with Crippen molar-refractivity contribution in [1.29, 1.82) is 0 Å². The lowest BCUT2D eigenvalue weighted by Crippen LogP contribution is -2.33. The first-order chi connectivity index (χ1) is 18.1. The third-order valence-corrected chi connectivity index (χ3v) is 7.56. The summed E-state index contributed by atoms with van der Waals surface area (Å²) in [6, 6.07) is 16.5. The molecule has 2 aromatic carbocycles. The third-order valence-electron chi connectivity index (χ3n) is 7.56. The fraction of sp³-hybridized carbons (Fsp3) is 0.448. The highest BCUT2D eigenvalue weighted by atomic mass is 16.5. The van der Waals surface area contributed by atoms with Gasteiger partial charge >= 0.3 is 0 Å². The van der Waals surface area contributed by atoms with Crippen LogP contribution in [-0.4, -0.2) is 37.2 Å². The lowest BCUT2D eigenvalue weighted by molar-refractivity contribution is 0.155. The first kappa shape index (κ1) is 25.1. The van der Waals surface area contributed by atoms with Crippen LogP contribution in [0.2, 0.25) is 0 Å². The van der Waals surface area contributed by atoms with E-state index in [4.69, 9.17) is 4.74 Å². The SMILES string of the molecule is CC[C@H](c1nnnn1C1CCCCC1)N(Cc1ccc(OC)cc1)Cc1cc2cc(C)ccc2[nH]c1=O. The van der Waals surface area contributed by atoms with Gasteiger partial charge in [-0.15, -0.1) is 5.10 Å². The molecule has 0 bridgehead atoms. The number of pyridine rings is 1. The van der Waals surface area contributed by atoms with Gasteiger partial charge in [0.15, 0.2) is 5.82 Å². The molecule has 37 heavy (non-hydrogen) atoms. The summed E-state index contributed by atoms with van der Waals surface area (Å²) < 4.78 is 7.42. The molecule has 2 heterocycles. The molecular weight excluding hydrogens is 464 g/mol. The molecule has 1 fully saturated rings. The second-order valence-corrected chi connectivity index (χ2v) is 10.2. The molecule has 1 saturated carbocycles. The van der Waals surface area contributed by atoms with Gasteiger partial charge in [0.05, 0.1) is 19.2 Å². The third kappa shape index (κ3) is 5.59. The van der Waals surface area contributed by atoms with Crippen molar-refractivity contribution in [2.24, 2.45) is 0 Å². The standard InChI is InChI=1S/C29H36N6O2/c1-4-27(28-31-32-33-35(28)24-8-6-5-7-9-24)34(18-21-11-13-25(37-3)14-12-21)19-23-17-22-16-20(2)10-15-26(22)30-29(23)36/h10-17,24,27H,4-9,18-19H2,1-3H3,(H,30,36)/t27-/m1/s1. The van der Waals surface area contributed by atoms with Gasteiger partial charge in [0.1, 0.15) is 5.75 Å². The number of aromatic amines is 1. The average Bonchev–Trinajstić information content (AvgIpc) is 3.40. The van der Waals surface area contributed by atoms with E-state index in [0.717, 1.165) is 52.9 Å². The van der Waals surface area contributed by atoms with Crippen LogP contribution in [0.5, 0.6) is 5.75 Å². The smallest absolute Gasteiger partial charge is 0.252 e. The second kappa shape index (κ2) is 11.3.